The molecule has 4 aromatic rings. The Hall–Kier alpha value is -4.40. The van der Waals surface area contributed by atoms with E-state index in [2.05, 4.69) is 5.32 Å². The Balaban J connectivity index is 1.81. The normalized spacial score (nSPS) is 10.8. The molecule has 1 aromatic heterocycles. The Morgan fingerprint density at radius 1 is 0.882 bits per heavy atom. The number of anilines is 1. The maximum absolute atomic E-state index is 13.3. The zero-order chi connectivity index (χ0) is 24.4. The highest BCUT2D eigenvalue weighted by atomic mass is 19.1. The molecule has 0 spiro atoms. The summed E-state index contributed by atoms with van der Waals surface area (Å²) in [6.45, 7) is 2.41. The molecule has 174 valence electrons. The Labute approximate surface area is 193 Å². The molecule has 0 aliphatic carbocycles. The molecule has 0 saturated carbocycles. The number of fused-ring (bicyclic) bond motifs is 1. The lowest BCUT2D eigenvalue weighted by atomic mass is 10.2. The molecule has 8 nitrogen and oxygen atoms in total. The number of nitrogens with zero attached hydrogens (tertiary/aromatic N) is 2. The highest BCUT2D eigenvalue weighted by molar-refractivity contribution is 6.06. The Morgan fingerprint density at radius 2 is 1.44 bits per heavy atom. The van der Waals surface area contributed by atoms with Crippen molar-refractivity contribution < 1.29 is 18.7 Å². The molecular formula is C25H22FN3O5. The van der Waals surface area contributed by atoms with E-state index in [0.717, 1.165) is 0 Å². The van der Waals surface area contributed by atoms with Gasteiger partial charge in [-0.15, -0.1) is 0 Å². The molecule has 0 radical (unpaired) electrons. The van der Waals surface area contributed by atoms with Gasteiger partial charge in [0.15, 0.2) is 5.75 Å². The van der Waals surface area contributed by atoms with Crippen LogP contribution in [0.3, 0.4) is 0 Å². The van der Waals surface area contributed by atoms with E-state index in [-0.39, 0.29) is 17.0 Å². The van der Waals surface area contributed by atoms with Gasteiger partial charge >= 0.3 is 11.1 Å². The van der Waals surface area contributed by atoms with Crippen molar-refractivity contribution >= 4 is 22.6 Å². The van der Waals surface area contributed by atoms with Gasteiger partial charge in [0.25, 0.3) is 5.91 Å². The summed E-state index contributed by atoms with van der Waals surface area (Å²) in [7, 11) is 2.97. The highest BCUT2D eigenvalue weighted by Crippen LogP contribution is 2.34. The van der Waals surface area contributed by atoms with E-state index < -0.39 is 22.8 Å². The summed E-state index contributed by atoms with van der Waals surface area (Å²) < 4.78 is 27.2. The molecule has 1 amide bonds. The van der Waals surface area contributed by atoms with Crippen molar-refractivity contribution in [2.75, 3.05) is 11.9 Å². The first kappa shape index (κ1) is 22.8. The maximum atomic E-state index is 13.3. The first-order chi connectivity index (χ1) is 16.3. The molecular weight excluding hydrogens is 441 g/mol. The van der Waals surface area contributed by atoms with E-state index in [9.17, 15) is 18.8 Å². The van der Waals surface area contributed by atoms with Crippen molar-refractivity contribution in [2.24, 2.45) is 14.1 Å². The molecule has 0 saturated heterocycles. The third-order valence-electron chi connectivity index (χ3n) is 5.31. The second-order valence-corrected chi connectivity index (χ2v) is 7.53. The van der Waals surface area contributed by atoms with Crippen molar-refractivity contribution in [3.63, 3.8) is 0 Å². The van der Waals surface area contributed by atoms with Crippen LogP contribution < -0.4 is 25.9 Å². The van der Waals surface area contributed by atoms with Gasteiger partial charge in [0.2, 0.25) is 0 Å². The molecule has 0 bridgehead atoms. The summed E-state index contributed by atoms with van der Waals surface area (Å²) >= 11 is 0. The minimum atomic E-state index is -0.703. The van der Waals surface area contributed by atoms with Gasteiger partial charge in [-0.2, -0.15) is 0 Å². The van der Waals surface area contributed by atoms with E-state index in [1.165, 1.54) is 47.5 Å². The highest BCUT2D eigenvalue weighted by Gasteiger charge is 2.17. The molecule has 3 aromatic carbocycles. The zero-order valence-corrected chi connectivity index (χ0v) is 18.8. The van der Waals surface area contributed by atoms with Crippen LogP contribution in [0.4, 0.5) is 10.1 Å². The largest absolute Gasteiger partial charge is 0.494 e. The molecule has 34 heavy (non-hydrogen) atoms. The minimum Gasteiger partial charge on any atom is -0.494 e. The fourth-order valence-corrected chi connectivity index (χ4v) is 3.48. The van der Waals surface area contributed by atoms with Gasteiger partial charge in [0.1, 0.15) is 17.3 Å². The second kappa shape index (κ2) is 9.22. The number of ether oxygens (including phenoxy) is 2. The van der Waals surface area contributed by atoms with Crippen molar-refractivity contribution in [3.8, 4) is 17.2 Å². The summed E-state index contributed by atoms with van der Waals surface area (Å²) in [4.78, 5) is 37.5. The van der Waals surface area contributed by atoms with Crippen molar-refractivity contribution in [1.29, 1.82) is 0 Å². The van der Waals surface area contributed by atoms with Gasteiger partial charge in [-0.25, -0.2) is 4.39 Å². The summed E-state index contributed by atoms with van der Waals surface area (Å²) in [6.07, 6.45) is 0. The van der Waals surface area contributed by atoms with Gasteiger partial charge < -0.3 is 23.9 Å². The maximum Gasteiger partial charge on any atom is 0.316 e. The number of nitrogens with one attached hydrogen (secondary N) is 1. The summed E-state index contributed by atoms with van der Waals surface area (Å²) in [6, 6.07) is 15.1. The van der Waals surface area contributed by atoms with Crippen LogP contribution in [0.25, 0.3) is 11.0 Å². The van der Waals surface area contributed by atoms with Crippen LogP contribution in [0.2, 0.25) is 0 Å². The average molecular weight is 463 g/mol. The van der Waals surface area contributed by atoms with E-state index >= 15 is 0 Å². The number of carbonyl (C=O) groups excluding carboxylic acids is 1. The van der Waals surface area contributed by atoms with Gasteiger partial charge in [0, 0.05) is 25.7 Å². The topological polar surface area (TPSA) is 91.6 Å². The van der Waals surface area contributed by atoms with E-state index in [4.69, 9.17) is 9.47 Å². The zero-order valence-electron chi connectivity index (χ0n) is 18.8. The molecule has 0 aliphatic rings. The van der Waals surface area contributed by atoms with Crippen LogP contribution in [0.15, 0.2) is 70.3 Å². The molecule has 0 unspecified atom stereocenters. The number of halogens is 1. The number of hydrogen-bond acceptors (Lipinski definition) is 5. The Bertz CT molecular complexity index is 1490. The van der Waals surface area contributed by atoms with Gasteiger partial charge in [-0.3, -0.25) is 14.4 Å². The SMILES string of the molecule is CCOc1ccc(Oc2cc3c(cc2NC(=O)c2ccc(F)cc2)n(C)c(=O)c(=O)n3C)cc1. The van der Waals surface area contributed by atoms with Gasteiger partial charge in [-0.1, -0.05) is 0 Å². The van der Waals surface area contributed by atoms with Crippen LogP contribution in [0.5, 0.6) is 17.2 Å². The Kier molecular flexibility index (Phi) is 6.18. The van der Waals surface area contributed by atoms with Crippen molar-refractivity contribution in [1.82, 2.24) is 9.13 Å². The lowest BCUT2D eigenvalue weighted by molar-refractivity contribution is 0.102. The third kappa shape index (κ3) is 4.40. The van der Waals surface area contributed by atoms with E-state index in [1.807, 2.05) is 6.92 Å². The predicted molar refractivity (Wildman–Crippen MR) is 126 cm³/mol. The molecule has 1 heterocycles. The molecule has 4 rings (SSSR count). The summed E-state index contributed by atoms with van der Waals surface area (Å²) in [5.74, 6) is 0.440. The number of amides is 1. The lowest BCUT2D eigenvalue weighted by Crippen LogP contribution is -2.39. The van der Waals surface area contributed by atoms with Crippen LogP contribution in [0.1, 0.15) is 17.3 Å². The quantitative estimate of drug-likeness (QED) is 0.439. The molecule has 1 N–H and O–H groups in total. The average Bonchev–Trinajstić information content (AvgIpc) is 2.84. The van der Waals surface area contributed by atoms with Gasteiger partial charge in [-0.05, 0) is 61.5 Å². The number of rotatable bonds is 6. The first-order valence-corrected chi connectivity index (χ1v) is 10.5. The van der Waals surface area contributed by atoms with Crippen molar-refractivity contribution in [3.05, 3.63) is 92.8 Å². The van der Waals surface area contributed by atoms with Crippen LogP contribution in [-0.2, 0) is 14.1 Å². The molecule has 0 fully saturated rings. The van der Waals surface area contributed by atoms with Gasteiger partial charge in [0.05, 0.1) is 23.3 Å². The van der Waals surface area contributed by atoms with E-state index in [0.29, 0.717) is 29.1 Å². The first-order valence-electron chi connectivity index (χ1n) is 10.5. The minimum absolute atomic E-state index is 0.239. The number of aryl methyl sites for hydroxylation is 2. The summed E-state index contributed by atoms with van der Waals surface area (Å²) in [5.41, 5.74) is -0.0308. The predicted octanol–water partition coefficient (Wildman–Crippen LogP) is 3.82. The fraction of sp³-hybridized carbons (Fsp3) is 0.160. The molecule has 9 heteroatoms. The number of aromatic nitrogens is 2. The lowest BCUT2D eigenvalue weighted by Gasteiger charge is -2.17. The summed E-state index contributed by atoms with van der Waals surface area (Å²) in [5, 5.41) is 2.76. The number of carbonyl (C=O) groups is 1. The van der Waals surface area contributed by atoms with Crippen LogP contribution in [-0.4, -0.2) is 21.6 Å². The van der Waals surface area contributed by atoms with E-state index in [1.54, 1.807) is 36.4 Å². The van der Waals surface area contributed by atoms with Crippen LogP contribution >= 0.6 is 0 Å². The smallest absolute Gasteiger partial charge is 0.316 e. The fourth-order valence-electron chi connectivity index (χ4n) is 3.48. The van der Waals surface area contributed by atoms with Crippen LogP contribution in [0, 0.1) is 5.82 Å². The molecule has 0 atom stereocenters. The monoisotopic (exact) mass is 463 g/mol. The third-order valence-corrected chi connectivity index (χ3v) is 5.31. The standard InChI is InChI=1S/C25H22FN3O5/c1-4-33-17-9-11-18(12-10-17)34-22-14-21-20(28(2)24(31)25(32)29(21)3)13-19(22)27-23(30)15-5-7-16(26)8-6-15/h5-14H,4H2,1-3H3,(H,27,30). The number of benzene rings is 3. The second-order valence-electron chi connectivity index (χ2n) is 7.53. The molecule has 0 aliphatic heterocycles. The number of hydrogen-bond donors (Lipinski definition) is 1. The van der Waals surface area contributed by atoms with Crippen molar-refractivity contribution in [2.45, 2.75) is 6.92 Å². The Morgan fingerprint density at radius 3 is 2.03 bits per heavy atom.